The number of Topliss-reactive ketones (excluding diaryl/α,β-unsaturated/α-hetero) is 1. The van der Waals surface area contributed by atoms with Gasteiger partial charge in [0.15, 0.2) is 0 Å². The number of hydrogen-bond donors (Lipinski definition) is 0. The van der Waals surface area contributed by atoms with E-state index >= 15 is 0 Å². The minimum Gasteiger partial charge on any atom is -0.299 e. The third kappa shape index (κ3) is 3.94. The summed E-state index contributed by atoms with van der Waals surface area (Å²) in [7, 11) is 0. The van der Waals surface area contributed by atoms with Crippen LogP contribution in [-0.2, 0) is 11.2 Å². The highest BCUT2D eigenvalue weighted by atomic mass is 79.9. The highest BCUT2D eigenvalue weighted by Crippen LogP contribution is 2.40. The number of hydrogen-bond acceptors (Lipinski definition) is 1. The molecule has 2 rings (SSSR count). The van der Waals surface area contributed by atoms with E-state index in [1.165, 1.54) is 12.8 Å². The van der Waals surface area contributed by atoms with Gasteiger partial charge >= 0.3 is 0 Å². The molecule has 0 aliphatic heterocycles. The van der Waals surface area contributed by atoms with E-state index in [1.807, 2.05) is 24.3 Å². The first-order valence-electron chi connectivity index (χ1n) is 7.64. The molecule has 0 spiro atoms. The molecule has 20 heavy (non-hydrogen) atoms. The van der Waals surface area contributed by atoms with Crippen LogP contribution in [0.5, 0.6) is 0 Å². The average molecular weight is 337 g/mol. The lowest BCUT2D eigenvalue weighted by Gasteiger charge is -2.36. The van der Waals surface area contributed by atoms with Crippen LogP contribution in [0.25, 0.3) is 0 Å². The van der Waals surface area contributed by atoms with Gasteiger partial charge in [-0.15, -0.1) is 0 Å². The molecule has 0 unspecified atom stereocenters. The minimum absolute atomic E-state index is 0.278. The second-order valence-corrected chi connectivity index (χ2v) is 8.00. The highest BCUT2D eigenvalue weighted by molar-refractivity contribution is 9.10. The van der Waals surface area contributed by atoms with Gasteiger partial charge in [-0.25, -0.2) is 0 Å². The van der Waals surface area contributed by atoms with Crippen LogP contribution >= 0.6 is 15.9 Å². The molecule has 2 heteroatoms. The summed E-state index contributed by atoms with van der Waals surface area (Å²) in [5, 5.41) is 0. The zero-order chi connectivity index (χ0) is 14.8. The lowest BCUT2D eigenvalue weighted by molar-refractivity contribution is -0.123. The Morgan fingerprint density at radius 1 is 1.15 bits per heavy atom. The van der Waals surface area contributed by atoms with Crippen molar-refractivity contribution in [1.82, 2.24) is 0 Å². The lowest BCUT2D eigenvalue weighted by Crippen LogP contribution is -2.29. The number of rotatable bonds is 3. The van der Waals surface area contributed by atoms with Crippen LogP contribution in [0.15, 0.2) is 28.7 Å². The molecule has 0 bridgehead atoms. The third-order valence-electron chi connectivity index (χ3n) is 4.73. The number of carbonyl (C=O) groups is 1. The predicted molar refractivity (Wildman–Crippen MR) is 87.8 cm³/mol. The second-order valence-electron chi connectivity index (χ2n) is 7.15. The molecule has 1 saturated carbocycles. The maximum absolute atomic E-state index is 12.5. The average Bonchev–Trinajstić information content (AvgIpc) is 2.40. The summed E-state index contributed by atoms with van der Waals surface area (Å²) in [5.41, 5.74) is 1.51. The van der Waals surface area contributed by atoms with Crippen molar-refractivity contribution in [1.29, 1.82) is 0 Å². The fourth-order valence-electron chi connectivity index (χ4n) is 3.26. The van der Waals surface area contributed by atoms with Gasteiger partial charge in [0.2, 0.25) is 0 Å². The number of benzene rings is 1. The van der Waals surface area contributed by atoms with E-state index in [0.717, 1.165) is 28.8 Å². The molecular formula is C18H25BrO. The van der Waals surface area contributed by atoms with Crippen LogP contribution in [0.3, 0.4) is 0 Å². The van der Waals surface area contributed by atoms with E-state index < -0.39 is 0 Å². The number of ketones is 1. The van der Waals surface area contributed by atoms with E-state index in [1.54, 1.807) is 0 Å². The van der Waals surface area contributed by atoms with Gasteiger partial charge in [0.05, 0.1) is 0 Å². The lowest BCUT2D eigenvalue weighted by atomic mass is 9.69. The summed E-state index contributed by atoms with van der Waals surface area (Å²) in [4.78, 5) is 12.5. The van der Waals surface area contributed by atoms with Crippen molar-refractivity contribution in [2.75, 3.05) is 0 Å². The predicted octanol–water partition coefficient (Wildman–Crippen LogP) is 5.41. The molecule has 0 saturated heterocycles. The molecule has 1 aromatic rings. The summed E-state index contributed by atoms with van der Waals surface area (Å²) in [6.07, 6.45) is 5.13. The quantitative estimate of drug-likeness (QED) is 0.720. The molecule has 1 nitrogen and oxygen atoms in total. The van der Waals surface area contributed by atoms with Crippen LogP contribution in [0.4, 0.5) is 0 Å². The van der Waals surface area contributed by atoms with Gasteiger partial charge in [-0.1, -0.05) is 54.9 Å². The summed E-state index contributed by atoms with van der Waals surface area (Å²) in [6.45, 7) is 6.96. The van der Waals surface area contributed by atoms with Crippen molar-refractivity contribution in [3.8, 4) is 0 Å². The Morgan fingerprint density at radius 3 is 2.30 bits per heavy atom. The van der Waals surface area contributed by atoms with Crippen molar-refractivity contribution in [3.05, 3.63) is 34.3 Å². The summed E-state index contributed by atoms with van der Waals surface area (Å²) >= 11 is 3.53. The molecule has 0 amide bonds. The van der Waals surface area contributed by atoms with Gasteiger partial charge in [0.1, 0.15) is 5.78 Å². The van der Waals surface area contributed by atoms with Crippen LogP contribution in [0.2, 0.25) is 0 Å². The minimum atomic E-state index is 0.278. The standard InChI is InChI=1S/C18H25BrO/c1-18(2,3)15-10-8-13(9-11-15)17(20)12-14-6-4-5-7-16(14)19/h4-7,13,15H,8-12H2,1-3H3. The topological polar surface area (TPSA) is 17.1 Å². The van der Waals surface area contributed by atoms with Crippen LogP contribution in [-0.4, -0.2) is 5.78 Å². The van der Waals surface area contributed by atoms with E-state index in [0.29, 0.717) is 17.6 Å². The van der Waals surface area contributed by atoms with E-state index in [9.17, 15) is 4.79 Å². The Kier molecular flexibility index (Phi) is 5.06. The molecule has 1 fully saturated rings. The zero-order valence-corrected chi connectivity index (χ0v) is 14.4. The molecule has 1 aliphatic rings. The van der Waals surface area contributed by atoms with Crippen molar-refractivity contribution < 1.29 is 4.79 Å². The molecule has 1 aromatic carbocycles. The Morgan fingerprint density at radius 2 is 1.75 bits per heavy atom. The van der Waals surface area contributed by atoms with Gasteiger partial charge in [-0.3, -0.25) is 4.79 Å². The molecule has 0 N–H and O–H groups in total. The largest absolute Gasteiger partial charge is 0.299 e. The SMILES string of the molecule is CC(C)(C)C1CCC(C(=O)Cc2ccccc2Br)CC1. The first kappa shape index (κ1) is 15.8. The van der Waals surface area contributed by atoms with E-state index in [-0.39, 0.29) is 5.92 Å². The van der Waals surface area contributed by atoms with Gasteiger partial charge in [0.25, 0.3) is 0 Å². The van der Waals surface area contributed by atoms with Gasteiger partial charge < -0.3 is 0 Å². The van der Waals surface area contributed by atoms with Crippen LogP contribution < -0.4 is 0 Å². The van der Waals surface area contributed by atoms with Crippen molar-refractivity contribution in [3.63, 3.8) is 0 Å². The van der Waals surface area contributed by atoms with E-state index in [2.05, 4.69) is 36.7 Å². The molecule has 1 aliphatic carbocycles. The Labute approximate surface area is 131 Å². The van der Waals surface area contributed by atoms with Gasteiger partial charge in [0, 0.05) is 16.8 Å². The fraction of sp³-hybridized carbons (Fsp3) is 0.611. The number of carbonyl (C=O) groups excluding carboxylic acids is 1. The van der Waals surface area contributed by atoms with Crippen molar-refractivity contribution in [2.24, 2.45) is 17.3 Å². The second kappa shape index (κ2) is 6.43. The Hall–Kier alpha value is -0.630. The Bertz CT molecular complexity index is 465. The smallest absolute Gasteiger partial charge is 0.140 e. The van der Waals surface area contributed by atoms with Crippen LogP contribution in [0, 0.1) is 17.3 Å². The highest BCUT2D eigenvalue weighted by Gasteiger charge is 2.32. The van der Waals surface area contributed by atoms with Crippen molar-refractivity contribution >= 4 is 21.7 Å². The fourth-order valence-corrected chi connectivity index (χ4v) is 3.68. The molecular weight excluding hydrogens is 312 g/mol. The molecule has 0 radical (unpaired) electrons. The normalized spacial score (nSPS) is 23.6. The van der Waals surface area contributed by atoms with Gasteiger partial charge in [-0.2, -0.15) is 0 Å². The van der Waals surface area contributed by atoms with E-state index in [4.69, 9.17) is 0 Å². The third-order valence-corrected chi connectivity index (χ3v) is 5.50. The Balaban J connectivity index is 1.91. The summed E-state index contributed by atoms with van der Waals surface area (Å²) in [5.74, 6) is 1.47. The maximum Gasteiger partial charge on any atom is 0.140 e. The first-order chi connectivity index (χ1) is 9.38. The summed E-state index contributed by atoms with van der Waals surface area (Å²) < 4.78 is 1.05. The van der Waals surface area contributed by atoms with Gasteiger partial charge in [-0.05, 0) is 48.6 Å². The monoisotopic (exact) mass is 336 g/mol. The zero-order valence-electron chi connectivity index (χ0n) is 12.8. The molecule has 0 aromatic heterocycles. The first-order valence-corrected chi connectivity index (χ1v) is 8.43. The van der Waals surface area contributed by atoms with Crippen molar-refractivity contribution in [2.45, 2.75) is 52.9 Å². The number of halogens is 1. The molecule has 0 heterocycles. The maximum atomic E-state index is 12.5. The molecule has 110 valence electrons. The molecule has 0 atom stereocenters. The summed E-state index contributed by atoms with van der Waals surface area (Å²) in [6, 6.07) is 8.05. The van der Waals surface area contributed by atoms with Crippen LogP contribution in [0.1, 0.15) is 52.0 Å².